The zero-order chi connectivity index (χ0) is 19.9. The van der Waals surface area contributed by atoms with Crippen molar-refractivity contribution in [3.63, 3.8) is 0 Å². The van der Waals surface area contributed by atoms with E-state index in [2.05, 4.69) is 12.1 Å². The Balaban J connectivity index is 1.46. The topological polar surface area (TPSA) is 72.2 Å². The second-order valence-corrected chi connectivity index (χ2v) is 8.49. The number of benzene rings is 1. The van der Waals surface area contributed by atoms with E-state index in [0.717, 1.165) is 11.2 Å². The fourth-order valence-electron chi connectivity index (χ4n) is 4.10. The molecule has 3 fully saturated rings. The minimum Gasteiger partial charge on any atom is -0.622 e. The minimum absolute atomic E-state index is 0.303. The van der Waals surface area contributed by atoms with E-state index >= 15 is 0 Å². The van der Waals surface area contributed by atoms with Crippen LogP contribution >= 0.6 is 0 Å². The molecule has 0 unspecified atom stereocenters. The van der Waals surface area contributed by atoms with E-state index in [1.54, 1.807) is 6.21 Å². The van der Waals surface area contributed by atoms with E-state index < -0.39 is 30.0 Å². The molecule has 0 amide bonds. The van der Waals surface area contributed by atoms with Crippen LogP contribution in [-0.4, -0.2) is 59.8 Å². The fourth-order valence-corrected chi connectivity index (χ4v) is 4.10. The normalized spacial score (nSPS) is 36.6. The molecule has 3 saturated heterocycles. The Morgan fingerprint density at radius 1 is 1.00 bits per heavy atom. The van der Waals surface area contributed by atoms with Crippen molar-refractivity contribution in [3.05, 3.63) is 41.1 Å². The molecular weight excluding hydrogens is 362 g/mol. The van der Waals surface area contributed by atoms with Gasteiger partial charge in [0.1, 0.15) is 18.3 Å². The van der Waals surface area contributed by atoms with Gasteiger partial charge in [0.2, 0.25) is 0 Å². The Hall–Kier alpha value is -1.51. The van der Waals surface area contributed by atoms with Gasteiger partial charge in [0.15, 0.2) is 23.9 Å². The van der Waals surface area contributed by atoms with E-state index in [9.17, 15) is 5.21 Å². The van der Waals surface area contributed by atoms with Gasteiger partial charge in [-0.3, -0.25) is 0 Å². The summed E-state index contributed by atoms with van der Waals surface area (Å²) in [6.07, 6.45) is 0.706. The third-order valence-corrected chi connectivity index (χ3v) is 5.30. The molecule has 1 aromatic rings. The molecule has 0 aromatic heterocycles. The summed E-state index contributed by atoms with van der Waals surface area (Å²) in [6.45, 7) is 7.83. The highest BCUT2D eigenvalue weighted by Crippen LogP contribution is 2.42. The fraction of sp³-hybridized carbons (Fsp3) is 0.667. The molecule has 0 aliphatic carbocycles. The van der Waals surface area contributed by atoms with E-state index in [1.807, 2.05) is 45.9 Å². The van der Waals surface area contributed by atoms with Gasteiger partial charge in [-0.15, -0.1) is 0 Å². The number of hydrogen-bond donors (Lipinski definition) is 0. The highest BCUT2D eigenvalue weighted by Gasteiger charge is 2.62. The van der Waals surface area contributed by atoms with Crippen LogP contribution in [-0.2, 0) is 30.1 Å². The van der Waals surface area contributed by atoms with Crippen molar-refractivity contribution in [2.45, 2.75) is 82.8 Å². The highest BCUT2D eigenvalue weighted by atomic mass is 16.8. The average molecular weight is 391 g/mol. The van der Waals surface area contributed by atoms with E-state index in [1.165, 1.54) is 5.56 Å². The lowest BCUT2D eigenvalue weighted by Crippen LogP contribution is -2.40. The van der Waals surface area contributed by atoms with Crippen LogP contribution in [0.1, 0.15) is 39.7 Å². The summed E-state index contributed by atoms with van der Waals surface area (Å²) in [7, 11) is 0. The number of hydrogen-bond acceptors (Lipinski definition) is 6. The summed E-state index contributed by atoms with van der Waals surface area (Å²) in [5.41, 5.74) is 1.19. The lowest BCUT2D eigenvalue weighted by atomic mass is 10.1. The Kier molecular flexibility index (Phi) is 5.22. The summed E-state index contributed by atoms with van der Waals surface area (Å²) in [4.78, 5) is 0. The Morgan fingerprint density at radius 3 is 2.39 bits per heavy atom. The van der Waals surface area contributed by atoms with Gasteiger partial charge >= 0.3 is 0 Å². The van der Waals surface area contributed by atoms with Crippen LogP contribution in [0, 0.1) is 5.21 Å². The summed E-state index contributed by atoms with van der Waals surface area (Å²) in [5.74, 6) is -1.44. The number of aryl methyl sites for hydroxylation is 1. The predicted octanol–water partition coefficient (Wildman–Crippen LogP) is 2.60. The van der Waals surface area contributed by atoms with Crippen LogP contribution < -0.4 is 0 Å². The predicted molar refractivity (Wildman–Crippen MR) is 102 cm³/mol. The number of nitrogens with zero attached hydrogens (tertiary/aromatic N) is 1. The van der Waals surface area contributed by atoms with Crippen LogP contribution in [0.25, 0.3) is 0 Å². The standard InChI is InChI=1S/C21H29NO6/c1-20(2)24-13-15(26-20)16-17-18(28-21(3,4)27-17)19(25-16)22(23)12-8-11-14-9-6-5-7-10-14/h5-7,9-10,12,15-19H,8,11,13H2,1-4H3/b22-12-/t15-,16-,17+,18+,19+/m1/s1. The molecule has 7 nitrogen and oxygen atoms in total. The van der Waals surface area contributed by atoms with Crippen molar-refractivity contribution >= 4 is 6.21 Å². The molecule has 0 N–H and O–H groups in total. The van der Waals surface area contributed by atoms with E-state index in [0.29, 0.717) is 13.0 Å². The van der Waals surface area contributed by atoms with Crippen LogP contribution in [0.3, 0.4) is 0 Å². The average Bonchev–Trinajstić information content (AvgIpc) is 3.25. The van der Waals surface area contributed by atoms with Crippen molar-refractivity contribution < 1.29 is 28.4 Å². The van der Waals surface area contributed by atoms with Gasteiger partial charge in [-0.2, -0.15) is 4.74 Å². The maximum atomic E-state index is 12.8. The van der Waals surface area contributed by atoms with Crippen molar-refractivity contribution in [2.75, 3.05) is 6.61 Å². The molecule has 0 spiro atoms. The zero-order valence-electron chi connectivity index (χ0n) is 16.9. The van der Waals surface area contributed by atoms with Crippen molar-refractivity contribution in [2.24, 2.45) is 0 Å². The summed E-state index contributed by atoms with van der Waals surface area (Å²) in [6, 6.07) is 10.1. The smallest absolute Gasteiger partial charge is 0.297 e. The number of fused-ring (bicyclic) bond motifs is 1. The Morgan fingerprint density at radius 2 is 1.71 bits per heavy atom. The summed E-state index contributed by atoms with van der Waals surface area (Å²) < 4.78 is 30.7. The first-order chi connectivity index (χ1) is 13.2. The van der Waals surface area contributed by atoms with Gasteiger partial charge in [0, 0.05) is 6.42 Å². The van der Waals surface area contributed by atoms with Crippen molar-refractivity contribution in [1.29, 1.82) is 0 Å². The SMILES string of the molecule is CC1(C)O[C@H]2[C@@H]([C@H]3COC(C)(C)O3)O[C@H](/[N+]([O-])=C/CCc3ccccc3)[C@H]2O1. The molecular formula is C21H29NO6. The molecule has 3 heterocycles. The molecule has 7 heteroatoms. The lowest BCUT2D eigenvalue weighted by molar-refractivity contribution is -0.563. The van der Waals surface area contributed by atoms with Gasteiger partial charge in [0.05, 0.1) is 6.61 Å². The maximum absolute atomic E-state index is 12.8. The van der Waals surface area contributed by atoms with Crippen molar-refractivity contribution in [3.8, 4) is 0 Å². The molecule has 3 aliphatic rings. The molecule has 28 heavy (non-hydrogen) atoms. The maximum Gasteiger partial charge on any atom is 0.297 e. The van der Waals surface area contributed by atoms with Gasteiger partial charge in [0.25, 0.3) is 6.23 Å². The first-order valence-electron chi connectivity index (χ1n) is 9.90. The monoisotopic (exact) mass is 391 g/mol. The molecule has 1 aromatic carbocycles. The first kappa shape index (κ1) is 19.8. The largest absolute Gasteiger partial charge is 0.622 e. The first-order valence-corrected chi connectivity index (χ1v) is 9.90. The van der Waals surface area contributed by atoms with Crippen LogP contribution in [0.4, 0.5) is 0 Å². The molecule has 4 rings (SSSR count). The van der Waals surface area contributed by atoms with Crippen LogP contribution in [0.5, 0.6) is 0 Å². The lowest BCUT2D eigenvalue weighted by Gasteiger charge is -2.26. The highest BCUT2D eigenvalue weighted by molar-refractivity contribution is 5.52. The molecule has 154 valence electrons. The minimum atomic E-state index is -0.768. The number of ether oxygens (including phenoxy) is 5. The van der Waals surface area contributed by atoms with Gasteiger partial charge < -0.3 is 28.9 Å². The van der Waals surface area contributed by atoms with Crippen LogP contribution in [0.2, 0.25) is 0 Å². The zero-order valence-corrected chi connectivity index (χ0v) is 16.9. The van der Waals surface area contributed by atoms with E-state index in [4.69, 9.17) is 23.7 Å². The second kappa shape index (κ2) is 7.39. The third kappa shape index (κ3) is 4.09. The molecule has 0 saturated carbocycles. The van der Waals surface area contributed by atoms with Crippen LogP contribution in [0.15, 0.2) is 30.3 Å². The molecule has 5 atom stereocenters. The van der Waals surface area contributed by atoms with Gasteiger partial charge in [-0.05, 0) is 39.7 Å². The quantitative estimate of drug-likeness (QED) is 0.333. The number of rotatable bonds is 5. The van der Waals surface area contributed by atoms with E-state index in [-0.39, 0.29) is 12.2 Å². The molecule has 3 aliphatic heterocycles. The third-order valence-electron chi connectivity index (χ3n) is 5.30. The number of hydroxylamine groups is 1. The second-order valence-electron chi connectivity index (χ2n) is 8.49. The van der Waals surface area contributed by atoms with Gasteiger partial charge in [-0.1, -0.05) is 30.3 Å². The van der Waals surface area contributed by atoms with Crippen molar-refractivity contribution in [1.82, 2.24) is 0 Å². The Bertz CT molecular complexity index is 719. The summed E-state index contributed by atoms with van der Waals surface area (Å²) in [5, 5.41) is 12.8. The summed E-state index contributed by atoms with van der Waals surface area (Å²) >= 11 is 0. The molecule has 0 bridgehead atoms. The molecule has 0 radical (unpaired) electrons. The Labute approximate surface area is 165 Å². The van der Waals surface area contributed by atoms with Gasteiger partial charge in [-0.25, -0.2) is 0 Å².